The zero-order valence-corrected chi connectivity index (χ0v) is 19.9. The molecule has 1 N–H and O–H groups in total. The number of fused-ring (bicyclic) bond motifs is 1. The molecule has 2 aromatic rings. The minimum absolute atomic E-state index is 0.216. The second kappa shape index (κ2) is 9.34. The van der Waals surface area contributed by atoms with Gasteiger partial charge in [-0.3, -0.25) is 9.69 Å². The molecule has 0 bridgehead atoms. The number of carboxylic acid groups (broad SMARTS) is 1. The molecule has 1 aliphatic carbocycles. The number of likely N-dealkylation sites (tertiary alicyclic amines) is 1. The Labute approximate surface area is 191 Å². The summed E-state index contributed by atoms with van der Waals surface area (Å²) in [6.07, 6.45) is 8.25. The van der Waals surface area contributed by atoms with Gasteiger partial charge in [0.15, 0.2) is 0 Å². The number of rotatable bonds is 5. The van der Waals surface area contributed by atoms with Crippen molar-refractivity contribution in [2.24, 2.45) is 17.3 Å². The lowest BCUT2D eigenvalue weighted by molar-refractivity contribution is -0.144. The summed E-state index contributed by atoms with van der Waals surface area (Å²) < 4.78 is 6.31. The summed E-state index contributed by atoms with van der Waals surface area (Å²) in [7, 11) is 0. The summed E-state index contributed by atoms with van der Waals surface area (Å²) in [6, 6.07) is 6.32. The molecule has 0 spiro atoms. The molecule has 1 aromatic heterocycles. The number of nitrogens with zero attached hydrogens (tertiary/aromatic N) is 3. The first-order chi connectivity index (χ1) is 15.2. The minimum atomic E-state index is -0.682. The molecular formula is C26H37N3O3. The summed E-state index contributed by atoms with van der Waals surface area (Å²) in [4.78, 5) is 22.9. The van der Waals surface area contributed by atoms with Gasteiger partial charge in [-0.05, 0) is 81.5 Å². The highest BCUT2D eigenvalue weighted by molar-refractivity contribution is 5.79. The monoisotopic (exact) mass is 439 g/mol. The van der Waals surface area contributed by atoms with Gasteiger partial charge in [-0.2, -0.15) is 0 Å². The van der Waals surface area contributed by atoms with Crippen LogP contribution < -0.4 is 4.74 Å². The molecule has 0 radical (unpaired) electrons. The highest BCUT2D eigenvalue weighted by atomic mass is 16.5. The van der Waals surface area contributed by atoms with E-state index < -0.39 is 5.97 Å². The molecule has 6 heteroatoms. The maximum Gasteiger partial charge on any atom is 0.306 e. The third-order valence-electron chi connectivity index (χ3n) is 7.51. The van der Waals surface area contributed by atoms with E-state index in [1.807, 2.05) is 18.3 Å². The smallest absolute Gasteiger partial charge is 0.306 e. The first-order valence-corrected chi connectivity index (χ1v) is 12.1. The minimum Gasteiger partial charge on any atom is -0.490 e. The number of ether oxygens (including phenoxy) is 1. The maximum absolute atomic E-state index is 11.3. The van der Waals surface area contributed by atoms with Gasteiger partial charge in [-0.15, -0.1) is 0 Å². The van der Waals surface area contributed by atoms with Gasteiger partial charge >= 0.3 is 5.97 Å². The Morgan fingerprint density at radius 2 is 1.94 bits per heavy atom. The van der Waals surface area contributed by atoms with Gasteiger partial charge in [0, 0.05) is 17.6 Å². The third-order valence-corrected chi connectivity index (χ3v) is 7.51. The number of aliphatic carboxylic acids is 1. The van der Waals surface area contributed by atoms with E-state index in [4.69, 9.17) is 9.72 Å². The zero-order chi connectivity index (χ0) is 22.9. The SMILES string of the molecule is CC1CC(C(=O)O)CCN1Cc1ncc2cc(OC3CCC(C(C)(C)C)CC3)ccc2n1. The molecule has 6 nitrogen and oxygen atoms in total. The largest absolute Gasteiger partial charge is 0.490 e. The van der Waals surface area contributed by atoms with Crippen molar-refractivity contribution in [3.63, 3.8) is 0 Å². The van der Waals surface area contributed by atoms with Crippen molar-refractivity contribution in [1.82, 2.24) is 14.9 Å². The fraction of sp³-hybridized carbons (Fsp3) is 0.654. The van der Waals surface area contributed by atoms with Crippen molar-refractivity contribution in [3.05, 3.63) is 30.2 Å². The number of carbonyl (C=O) groups is 1. The lowest BCUT2D eigenvalue weighted by atomic mass is 9.72. The van der Waals surface area contributed by atoms with Crippen LogP contribution in [0.25, 0.3) is 10.9 Å². The molecule has 1 saturated heterocycles. The average molecular weight is 440 g/mol. The summed E-state index contributed by atoms with van der Waals surface area (Å²) in [5.74, 6) is 1.55. The van der Waals surface area contributed by atoms with Crippen molar-refractivity contribution >= 4 is 16.9 Å². The lowest BCUT2D eigenvalue weighted by Gasteiger charge is -2.37. The zero-order valence-electron chi connectivity index (χ0n) is 19.9. The van der Waals surface area contributed by atoms with Gasteiger partial charge in [-0.25, -0.2) is 9.97 Å². The molecule has 1 aromatic carbocycles. The summed E-state index contributed by atoms with van der Waals surface area (Å²) in [5.41, 5.74) is 1.30. The van der Waals surface area contributed by atoms with Gasteiger partial charge < -0.3 is 9.84 Å². The molecule has 2 atom stereocenters. The van der Waals surface area contributed by atoms with Crippen LogP contribution in [0.15, 0.2) is 24.4 Å². The van der Waals surface area contributed by atoms with Crippen molar-refractivity contribution in [1.29, 1.82) is 0 Å². The van der Waals surface area contributed by atoms with Crippen LogP contribution in [0, 0.1) is 17.3 Å². The first-order valence-electron chi connectivity index (χ1n) is 12.1. The Morgan fingerprint density at radius 1 is 1.19 bits per heavy atom. The summed E-state index contributed by atoms with van der Waals surface area (Å²) in [5, 5.41) is 10.3. The van der Waals surface area contributed by atoms with Crippen molar-refractivity contribution < 1.29 is 14.6 Å². The van der Waals surface area contributed by atoms with E-state index in [0.717, 1.165) is 47.8 Å². The van der Waals surface area contributed by atoms with Gasteiger partial charge in [0.05, 0.1) is 24.1 Å². The van der Waals surface area contributed by atoms with Crippen LogP contribution in [0.5, 0.6) is 5.75 Å². The molecule has 174 valence electrons. The standard InChI is InChI=1S/C26H37N3O3/c1-17-13-18(25(30)31)11-12-29(17)16-24-27-15-19-14-22(9-10-23(19)28-24)32-21-7-5-20(6-8-21)26(2,3)4/h9-10,14-15,17-18,20-21H,5-8,11-13,16H2,1-4H3,(H,30,31). The van der Waals surface area contributed by atoms with Crippen molar-refractivity contribution in [2.45, 2.75) is 84.9 Å². The molecule has 1 saturated carbocycles. The molecule has 2 heterocycles. The van der Waals surface area contributed by atoms with Crippen LogP contribution in [0.4, 0.5) is 0 Å². The first kappa shape index (κ1) is 23.0. The number of benzene rings is 1. The van der Waals surface area contributed by atoms with Crippen LogP contribution in [0.1, 0.15) is 72.0 Å². The Hall–Kier alpha value is -2.21. The van der Waals surface area contributed by atoms with E-state index in [2.05, 4.69) is 43.6 Å². The quantitative estimate of drug-likeness (QED) is 0.681. The van der Waals surface area contributed by atoms with Crippen molar-refractivity contribution in [2.75, 3.05) is 6.54 Å². The Kier molecular flexibility index (Phi) is 6.70. The number of carboxylic acids is 1. The molecule has 0 amide bonds. The van der Waals surface area contributed by atoms with Crippen LogP contribution in [-0.4, -0.2) is 44.6 Å². The average Bonchev–Trinajstić information content (AvgIpc) is 2.75. The van der Waals surface area contributed by atoms with Crippen LogP contribution in [0.2, 0.25) is 0 Å². The van der Waals surface area contributed by atoms with E-state index in [9.17, 15) is 9.90 Å². The van der Waals surface area contributed by atoms with E-state index in [-0.39, 0.29) is 12.0 Å². The highest BCUT2D eigenvalue weighted by Crippen LogP contribution is 2.39. The second-order valence-corrected chi connectivity index (χ2v) is 10.8. The summed E-state index contributed by atoms with van der Waals surface area (Å²) >= 11 is 0. The van der Waals surface area contributed by atoms with E-state index in [1.165, 1.54) is 12.8 Å². The normalized spacial score (nSPS) is 27.4. The lowest BCUT2D eigenvalue weighted by Crippen LogP contribution is -2.42. The fourth-order valence-electron chi connectivity index (χ4n) is 5.30. The predicted octanol–water partition coefficient (Wildman–Crippen LogP) is 5.30. The molecule has 2 fully saturated rings. The molecular weight excluding hydrogens is 402 g/mol. The number of aromatic nitrogens is 2. The van der Waals surface area contributed by atoms with Gasteiger partial charge in [0.2, 0.25) is 0 Å². The van der Waals surface area contributed by atoms with E-state index >= 15 is 0 Å². The topological polar surface area (TPSA) is 75.5 Å². The Bertz CT molecular complexity index is 947. The number of hydrogen-bond donors (Lipinski definition) is 1. The van der Waals surface area contributed by atoms with Crippen LogP contribution in [-0.2, 0) is 11.3 Å². The summed E-state index contributed by atoms with van der Waals surface area (Å²) in [6.45, 7) is 10.5. The predicted molar refractivity (Wildman–Crippen MR) is 126 cm³/mol. The van der Waals surface area contributed by atoms with E-state index in [1.54, 1.807) is 0 Å². The van der Waals surface area contributed by atoms with Crippen LogP contribution in [0.3, 0.4) is 0 Å². The van der Waals surface area contributed by atoms with Gasteiger partial charge in [0.1, 0.15) is 11.6 Å². The molecule has 1 aliphatic heterocycles. The maximum atomic E-state index is 11.3. The number of hydrogen-bond acceptors (Lipinski definition) is 5. The fourth-order valence-corrected chi connectivity index (χ4v) is 5.30. The Balaban J connectivity index is 1.36. The molecule has 2 unspecified atom stereocenters. The Morgan fingerprint density at radius 3 is 2.59 bits per heavy atom. The molecule has 32 heavy (non-hydrogen) atoms. The third kappa shape index (κ3) is 5.40. The number of piperidine rings is 1. The van der Waals surface area contributed by atoms with Gasteiger partial charge in [-0.1, -0.05) is 20.8 Å². The van der Waals surface area contributed by atoms with Crippen LogP contribution >= 0.6 is 0 Å². The molecule has 4 rings (SSSR count). The van der Waals surface area contributed by atoms with E-state index in [0.29, 0.717) is 30.9 Å². The van der Waals surface area contributed by atoms with Gasteiger partial charge in [0.25, 0.3) is 0 Å². The van der Waals surface area contributed by atoms with Crippen molar-refractivity contribution in [3.8, 4) is 5.75 Å². The molecule has 2 aliphatic rings. The highest BCUT2D eigenvalue weighted by Gasteiger charge is 2.31. The second-order valence-electron chi connectivity index (χ2n) is 10.8.